The highest BCUT2D eigenvalue weighted by molar-refractivity contribution is 6.01. The second-order valence-corrected chi connectivity index (χ2v) is 8.32. The highest BCUT2D eigenvalue weighted by Gasteiger charge is 2.37. The number of nitrogens with one attached hydrogen (secondary N) is 1. The van der Waals surface area contributed by atoms with Crippen molar-refractivity contribution < 1.29 is 19.1 Å². The highest BCUT2D eigenvalue weighted by atomic mass is 16.5. The van der Waals surface area contributed by atoms with Crippen molar-refractivity contribution >= 4 is 17.5 Å². The summed E-state index contributed by atoms with van der Waals surface area (Å²) in [5.74, 6) is 0.929. The van der Waals surface area contributed by atoms with Gasteiger partial charge in [0, 0.05) is 25.1 Å². The van der Waals surface area contributed by atoms with Crippen LogP contribution in [0.3, 0.4) is 0 Å². The van der Waals surface area contributed by atoms with Gasteiger partial charge < -0.3 is 19.7 Å². The van der Waals surface area contributed by atoms with Gasteiger partial charge in [0.1, 0.15) is 11.5 Å². The lowest BCUT2D eigenvalue weighted by Crippen LogP contribution is -2.40. The molecule has 1 N–H and O–H groups in total. The fourth-order valence-electron chi connectivity index (χ4n) is 4.74. The topological polar surface area (TPSA) is 71.1 Å². The third-order valence-electron chi connectivity index (χ3n) is 6.42. The van der Waals surface area contributed by atoms with E-state index in [2.05, 4.69) is 16.3 Å². The van der Waals surface area contributed by atoms with Gasteiger partial charge in [0.05, 0.1) is 31.9 Å². The quantitative estimate of drug-likeness (QED) is 0.688. The molecule has 0 radical (unpaired) electrons. The van der Waals surface area contributed by atoms with Crippen LogP contribution in [-0.4, -0.2) is 57.1 Å². The molecule has 4 rings (SSSR count). The van der Waals surface area contributed by atoms with Gasteiger partial charge in [-0.3, -0.25) is 14.5 Å². The van der Waals surface area contributed by atoms with Crippen molar-refractivity contribution in [3.05, 3.63) is 54.1 Å². The number of hydrogen-bond acceptors (Lipinski definition) is 5. The molecule has 7 nitrogen and oxygen atoms in total. The average Bonchev–Trinajstić information content (AvgIpc) is 3.49. The largest absolute Gasteiger partial charge is 0.496 e. The zero-order valence-corrected chi connectivity index (χ0v) is 18.8. The number of benzene rings is 2. The van der Waals surface area contributed by atoms with E-state index < -0.39 is 0 Å². The predicted molar refractivity (Wildman–Crippen MR) is 123 cm³/mol. The molecule has 170 valence electrons. The third kappa shape index (κ3) is 4.58. The van der Waals surface area contributed by atoms with Crippen molar-refractivity contribution in [1.82, 2.24) is 10.2 Å². The van der Waals surface area contributed by atoms with Crippen LogP contribution in [0.25, 0.3) is 0 Å². The average molecular weight is 438 g/mol. The normalized spacial score (nSPS) is 19.8. The SMILES string of the molecule is COc1ccccc1C(CNC(=O)C1CC(=O)N(c2ccccc2OC)C1)N1CCCC1. The molecular weight excluding hydrogens is 406 g/mol. The van der Waals surface area contributed by atoms with Crippen LogP contribution in [0.1, 0.15) is 30.9 Å². The number of hydrogen-bond donors (Lipinski definition) is 1. The first-order valence-electron chi connectivity index (χ1n) is 11.2. The summed E-state index contributed by atoms with van der Waals surface area (Å²) in [6, 6.07) is 15.4. The van der Waals surface area contributed by atoms with Crippen LogP contribution >= 0.6 is 0 Å². The van der Waals surface area contributed by atoms with E-state index in [4.69, 9.17) is 9.47 Å². The van der Waals surface area contributed by atoms with Crippen LogP contribution in [0.4, 0.5) is 5.69 Å². The van der Waals surface area contributed by atoms with Crippen LogP contribution in [0.15, 0.2) is 48.5 Å². The van der Waals surface area contributed by atoms with Crippen molar-refractivity contribution in [3.63, 3.8) is 0 Å². The summed E-state index contributed by atoms with van der Waals surface area (Å²) in [5.41, 5.74) is 1.79. The van der Waals surface area contributed by atoms with Crippen molar-refractivity contribution in [2.75, 3.05) is 45.3 Å². The molecule has 2 amide bonds. The van der Waals surface area contributed by atoms with E-state index in [1.807, 2.05) is 42.5 Å². The van der Waals surface area contributed by atoms with Crippen molar-refractivity contribution in [2.45, 2.75) is 25.3 Å². The van der Waals surface area contributed by atoms with E-state index in [0.29, 0.717) is 24.5 Å². The lowest BCUT2D eigenvalue weighted by atomic mass is 10.0. The van der Waals surface area contributed by atoms with Crippen LogP contribution in [-0.2, 0) is 9.59 Å². The van der Waals surface area contributed by atoms with E-state index in [9.17, 15) is 9.59 Å². The Morgan fingerprint density at radius 1 is 1.03 bits per heavy atom. The van der Waals surface area contributed by atoms with Crippen LogP contribution in [0.5, 0.6) is 11.5 Å². The lowest BCUT2D eigenvalue weighted by molar-refractivity contribution is -0.126. The van der Waals surface area contributed by atoms with Gasteiger partial charge in [-0.05, 0) is 44.1 Å². The Morgan fingerprint density at radius 2 is 1.69 bits per heavy atom. The molecule has 0 bridgehead atoms. The molecule has 2 aromatic carbocycles. The summed E-state index contributed by atoms with van der Waals surface area (Å²) < 4.78 is 11.0. The van der Waals surface area contributed by atoms with E-state index in [1.165, 1.54) is 0 Å². The minimum absolute atomic E-state index is 0.0417. The first kappa shape index (κ1) is 22.1. The first-order valence-corrected chi connectivity index (χ1v) is 11.2. The second-order valence-electron chi connectivity index (χ2n) is 8.32. The van der Waals surface area contributed by atoms with E-state index in [1.54, 1.807) is 19.1 Å². The second kappa shape index (κ2) is 10.0. The molecule has 2 aliphatic heterocycles. The van der Waals surface area contributed by atoms with Crippen molar-refractivity contribution in [3.8, 4) is 11.5 Å². The molecule has 32 heavy (non-hydrogen) atoms. The molecule has 0 spiro atoms. The summed E-state index contributed by atoms with van der Waals surface area (Å²) in [4.78, 5) is 29.8. The molecule has 0 aliphatic carbocycles. The molecular formula is C25H31N3O4. The van der Waals surface area contributed by atoms with Gasteiger partial charge in [-0.25, -0.2) is 0 Å². The fourth-order valence-corrected chi connectivity index (χ4v) is 4.74. The summed E-state index contributed by atoms with van der Waals surface area (Å²) in [6.45, 7) is 2.84. The van der Waals surface area contributed by atoms with E-state index in [0.717, 1.165) is 37.2 Å². The fraction of sp³-hybridized carbons (Fsp3) is 0.440. The van der Waals surface area contributed by atoms with E-state index in [-0.39, 0.29) is 30.2 Å². The maximum atomic E-state index is 13.1. The van der Waals surface area contributed by atoms with Crippen LogP contribution < -0.4 is 19.7 Å². The number of amides is 2. The monoisotopic (exact) mass is 437 g/mol. The summed E-state index contributed by atoms with van der Waals surface area (Å²) >= 11 is 0. The number of methoxy groups -OCH3 is 2. The van der Waals surface area contributed by atoms with Crippen LogP contribution in [0, 0.1) is 5.92 Å². The molecule has 0 saturated carbocycles. The number of ether oxygens (including phenoxy) is 2. The number of rotatable bonds is 8. The first-order chi connectivity index (χ1) is 15.6. The number of para-hydroxylation sites is 3. The molecule has 2 unspecified atom stereocenters. The number of nitrogens with zero attached hydrogens (tertiary/aromatic N) is 2. The van der Waals surface area contributed by atoms with Gasteiger partial charge in [-0.2, -0.15) is 0 Å². The Kier molecular flexibility index (Phi) is 6.95. The molecule has 7 heteroatoms. The zero-order chi connectivity index (χ0) is 22.5. The van der Waals surface area contributed by atoms with Gasteiger partial charge in [-0.15, -0.1) is 0 Å². The standard InChI is InChI=1S/C25H31N3O4/c1-31-22-11-5-3-9-19(22)21(27-13-7-8-14-27)16-26-25(30)18-15-24(29)28(17-18)20-10-4-6-12-23(20)32-2/h3-6,9-12,18,21H,7-8,13-17H2,1-2H3,(H,26,30). The number of carbonyl (C=O) groups is 2. The van der Waals surface area contributed by atoms with Gasteiger partial charge in [0.15, 0.2) is 0 Å². The highest BCUT2D eigenvalue weighted by Crippen LogP contribution is 2.34. The van der Waals surface area contributed by atoms with Gasteiger partial charge in [0.25, 0.3) is 0 Å². The number of anilines is 1. The maximum absolute atomic E-state index is 13.1. The predicted octanol–water partition coefficient (Wildman–Crippen LogP) is 3.01. The van der Waals surface area contributed by atoms with Crippen molar-refractivity contribution in [1.29, 1.82) is 0 Å². The van der Waals surface area contributed by atoms with Crippen LogP contribution in [0.2, 0.25) is 0 Å². The maximum Gasteiger partial charge on any atom is 0.227 e. The molecule has 2 fully saturated rings. The molecule has 2 saturated heterocycles. The summed E-state index contributed by atoms with van der Waals surface area (Å²) in [6.07, 6.45) is 2.52. The minimum atomic E-state index is -0.385. The Bertz CT molecular complexity index is 958. The number of carbonyl (C=O) groups excluding carboxylic acids is 2. The summed E-state index contributed by atoms with van der Waals surface area (Å²) in [5, 5.41) is 3.13. The smallest absolute Gasteiger partial charge is 0.227 e. The molecule has 2 aliphatic rings. The van der Waals surface area contributed by atoms with Crippen molar-refractivity contribution in [2.24, 2.45) is 5.92 Å². The molecule has 2 atom stereocenters. The Morgan fingerprint density at radius 3 is 2.41 bits per heavy atom. The zero-order valence-electron chi connectivity index (χ0n) is 18.8. The molecule has 2 heterocycles. The van der Waals surface area contributed by atoms with Gasteiger partial charge in [-0.1, -0.05) is 30.3 Å². The lowest BCUT2D eigenvalue weighted by Gasteiger charge is -2.29. The summed E-state index contributed by atoms with van der Waals surface area (Å²) in [7, 11) is 3.26. The van der Waals surface area contributed by atoms with Gasteiger partial charge in [0.2, 0.25) is 11.8 Å². The van der Waals surface area contributed by atoms with E-state index >= 15 is 0 Å². The Balaban J connectivity index is 1.45. The minimum Gasteiger partial charge on any atom is -0.496 e. The Labute approximate surface area is 189 Å². The number of likely N-dealkylation sites (tertiary alicyclic amines) is 1. The molecule has 0 aromatic heterocycles. The van der Waals surface area contributed by atoms with Gasteiger partial charge >= 0.3 is 0 Å². The Hall–Kier alpha value is -3.06. The third-order valence-corrected chi connectivity index (χ3v) is 6.42. The molecule has 2 aromatic rings.